The van der Waals surface area contributed by atoms with Gasteiger partial charge in [-0.25, -0.2) is 8.42 Å². The Hall–Kier alpha value is -2.78. The van der Waals surface area contributed by atoms with Crippen LogP contribution in [-0.4, -0.2) is 57.6 Å². The standard InChI is InChI=1S/C27H38ClN3O5S/c1-6-25(27(33)29-18-20(2)3)30(19-21-12-14-22(28)15-13-21)26(32)11-8-16-31(37(5,34)35)23-9-7-10-24(17-23)36-4/h7,9-10,12-15,17,20,25H,6,8,11,16,18-19H2,1-5H3,(H,29,33). The van der Waals surface area contributed by atoms with Crippen molar-refractivity contribution < 1.29 is 22.7 Å². The van der Waals surface area contributed by atoms with E-state index in [1.165, 1.54) is 11.4 Å². The molecule has 2 amide bonds. The van der Waals surface area contributed by atoms with E-state index in [0.29, 0.717) is 29.4 Å². The van der Waals surface area contributed by atoms with Gasteiger partial charge in [0, 0.05) is 37.1 Å². The summed E-state index contributed by atoms with van der Waals surface area (Å²) in [5.41, 5.74) is 1.31. The van der Waals surface area contributed by atoms with Gasteiger partial charge in [0.05, 0.1) is 19.1 Å². The van der Waals surface area contributed by atoms with E-state index in [4.69, 9.17) is 16.3 Å². The number of nitrogens with zero attached hydrogens (tertiary/aromatic N) is 2. The predicted octanol–water partition coefficient (Wildman–Crippen LogP) is 4.47. The lowest BCUT2D eigenvalue weighted by molar-refractivity contribution is -0.141. The molecule has 8 nitrogen and oxygen atoms in total. The van der Waals surface area contributed by atoms with Crippen molar-refractivity contribution in [3.05, 3.63) is 59.1 Å². The quantitative estimate of drug-likeness (QED) is 0.373. The molecule has 2 aromatic rings. The van der Waals surface area contributed by atoms with Crippen LogP contribution in [0, 0.1) is 5.92 Å². The van der Waals surface area contributed by atoms with Crippen molar-refractivity contribution in [1.29, 1.82) is 0 Å². The Bertz CT molecular complexity index is 1140. The first-order valence-electron chi connectivity index (χ1n) is 12.4. The summed E-state index contributed by atoms with van der Waals surface area (Å²) in [4.78, 5) is 28.0. The maximum Gasteiger partial charge on any atom is 0.242 e. The third-order valence-corrected chi connectivity index (χ3v) is 7.28. The van der Waals surface area contributed by atoms with Gasteiger partial charge >= 0.3 is 0 Å². The number of sulfonamides is 1. The predicted molar refractivity (Wildman–Crippen MR) is 148 cm³/mol. The van der Waals surface area contributed by atoms with Gasteiger partial charge in [0.25, 0.3) is 0 Å². The number of halogens is 1. The second kappa shape index (κ2) is 14.2. The van der Waals surface area contributed by atoms with Crippen LogP contribution in [0.4, 0.5) is 5.69 Å². The smallest absolute Gasteiger partial charge is 0.242 e. The third-order valence-electron chi connectivity index (χ3n) is 5.83. The van der Waals surface area contributed by atoms with Crippen molar-refractivity contribution in [2.75, 3.05) is 30.8 Å². The van der Waals surface area contributed by atoms with Gasteiger partial charge in [-0.1, -0.05) is 50.6 Å². The molecule has 0 aliphatic heterocycles. The molecule has 1 N–H and O–H groups in total. The highest BCUT2D eigenvalue weighted by Crippen LogP contribution is 2.24. The fourth-order valence-electron chi connectivity index (χ4n) is 3.90. The summed E-state index contributed by atoms with van der Waals surface area (Å²) in [6, 6.07) is 13.3. The molecular weight excluding hydrogens is 514 g/mol. The summed E-state index contributed by atoms with van der Waals surface area (Å²) in [6.45, 7) is 6.76. The van der Waals surface area contributed by atoms with E-state index in [0.717, 1.165) is 11.8 Å². The number of nitrogens with one attached hydrogen (secondary N) is 1. The summed E-state index contributed by atoms with van der Waals surface area (Å²) in [7, 11) is -2.07. The number of benzene rings is 2. The van der Waals surface area contributed by atoms with Crippen molar-refractivity contribution in [1.82, 2.24) is 10.2 Å². The molecule has 2 aromatic carbocycles. The zero-order valence-electron chi connectivity index (χ0n) is 22.2. The molecule has 0 saturated carbocycles. The largest absolute Gasteiger partial charge is 0.497 e. The van der Waals surface area contributed by atoms with Crippen molar-refractivity contribution >= 4 is 39.1 Å². The average Bonchev–Trinajstić information content (AvgIpc) is 2.85. The lowest BCUT2D eigenvalue weighted by Gasteiger charge is -2.31. The molecule has 0 aromatic heterocycles. The molecule has 2 rings (SSSR count). The summed E-state index contributed by atoms with van der Waals surface area (Å²) < 4.78 is 31.5. The van der Waals surface area contributed by atoms with Crippen LogP contribution >= 0.6 is 11.6 Å². The molecule has 37 heavy (non-hydrogen) atoms. The first kappa shape index (κ1) is 30.4. The highest BCUT2D eigenvalue weighted by atomic mass is 35.5. The zero-order chi connectivity index (χ0) is 27.6. The van der Waals surface area contributed by atoms with Crippen molar-refractivity contribution in [2.24, 2.45) is 5.92 Å². The molecule has 0 bridgehead atoms. The number of hydrogen-bond acceptors (Lipinski definition) is 5. The van der Waals surface area contributed by atoms with Crippen LogP contribution in [0.25, 0.3) is 0 Å². The number of rotatable bonds is 14. The number of ether oxygens (including phenoxy) is 1. The molecule has 0 spiro atoms. The monoisotopic (exact) mass is 551 g/mol. The summed E-state index contributed by atoms with van der Waals surface area (Å²) in [6.07, 6.45) is 1.94. The Labute approximate surface area is 226 Å². The fourth-order valence-corrected chi connectivity index (χ4v) is 4.98. The molecule has 0 radical (unpaired) electrons. The number of hydrogen-bond donors (Lipinski definition) is 1. The van der Waals surface area contributed by atoms with Gasteiger partial charge in [-0.3, -0.25) is 13.9 Å². The molecule has 0 saturated heterocycles. The Kier molecular flexibility index (Phi) is 11.7. The van der Waals surface area contributed by atoms with E-state index in [9.17, 15) is 18.0 Å². The van der Waals surface area contributed by atoms with Crippen LogP contribution in [0.2, 0.25) is 5.02 Å². The number of carbonyl (C=O) groups is 2. The van der Waals surface area contributed by atoms with E-state index >= 15 is 0 Å². The van der Waals surface area contributed by atoms with Crippen LogP contribution < -0.4 is 14.4 Å². The van der Waals surface area contributed by atoms with Crippen LogP contribution in [0.3, 0.4) is 0 Å². The molecule has 1 unspecified atom stereocenters. The fraction of sp³-hybridized carbons (Fsp3) is 0.481. The molecule has 0 heterocycles. The molecule has 1 atom stereocenters. The average molecular weight is 552 g/mol. The van der Waals surface area contributed by atoms with Crippen LogP contribution in [0.15, 0.2) is 48.5 Å². The summed E-state index contributed by atoms with van der Waals surface area (Å²) in [5.74, 6) is 0.392. The topological polar surface area (TPSA) is 96.0 Å². The van der Waals surface area contributed by atoms with Gasteiger partial charge < -0.3 is 15.0 Å². The van der Waals surface area contributed by atoms with E-state index < -0.39 is 16.1 Å². The molecule has 10 heteroatoms. The number of amides is 2. The highest BCUT2D eigenvalue weighted by molar-refractivity contribution is 7.92. The van der Waals surface area contributed by atoms with E-state index in [1.54, 1.807) is 41.3 Å². The zero-order valence-corrected chi connectivity index (χ0v) is 23.8. The van der Waals surface area contributed by atoms with Gasteiger partial charge in [0.15, 0.2) is 0 Å². The first-order chi connectivity index (χ1) is 17.5. The SMILES string of the molecule is CCC(C(=O)NCC(C)C)N(Cc1ccc(Cl)cc1)C(=O)CCCN(c1cccc(OC)c1)S(C)(=O)=O. The maximum absolute atomic E-state index is 13.5. The molecular formula is C27H38ClN3O5S. The van der Waals surface area contributed by atoms with Gasteiger partial charge in [0.1, 0.15) is 11.8 Å². The van der Waals surface area contributed by atoms with E-state index in [2.05, 4.69) is 5.32 Å². The number of methoxy groups -OCH3 is 1. The van der Waals surface area contributed by atoms with Crippen molar-refractivity contribution in [3.63, 3.8) is 0 Å². The maximum atomic E-state index is 13.5. The Morgan fingerprint density at radius 1 is 1.11 bits per heavy atom. The Morgan fingerprint density at radius 2 is 1.78 bits per heavy atom. The minimum atomic E-state index is -3.59. The summed E-state index contributed by atoms with van der Waals surface area (Å²) >= 11 is 6.02. The minimum Gasteiger partial charge on any atom is -0.497 e. The molecule has 0 aliphatic rings. The van der Waals surface area contributed by atoms with Gasteiger partial charge in [-0.05, 0) is 48.6 Å². The second-order valence-corrected chi connectivity index (χ2v) is 11.7. The Balaban J connectivity index is 2.21. The minimum absolute atomic E-state index is 0.0809. The Morgan fingerprint density at radius 3 is 2.35 bits per heavy atom. The summed E-state index contributed by atoms with van der Waals surface area (Å²) in [5, 5.41) is 3.52. The number of carbonyl (C=O) groups excluding carboxylic acids is 2. The third kappa shape index (κ3) is 9.55. The van der Waals surface area contributed by atoms with Gasteiger partial charge in [-0.2, -0.15) is 0 Å². The molecule has 0 aliphatic carbocycles. The van der Waals surface area contributed by atoms with Crippen molar-refractivity contribution in [3.8, 4) is 5.75 Å². The lowest BCUT2D eigenvalue weighted by atomic mass is 10.1. The van der Waals surface area contributed by atoms with Crippen LogP contribution in [-0.2, 0) is 26.2 Å². The van der Waals surface area contributed by atoms with Crippen LogP contribution in [0.1, 0.15) is 45.6 Å². The first-order valence-corrected chi connectivity index (χ1v) is 14.6. The van der Waals surface area contributed by atoms with Crippen molar-refractivity contribution in [2.45, 2.75) is 52.6 Å². The molecule has 0 fully saturated rings. The van der Waals surface area contributed by atoms with Gasteiger partial charge in [-0.15, -0.1) is 0 Å². The van der Waals surface area contributed by atoms with E-state index in [-0.39, 0.29) is 43.7 Å². The second-order valence-electron chi connectivity index (χ2n) is 9.35. The molecule has 204 valence electrons. The van der Waals surface area contributed by atoms with Crippen LogP contribution in [0.5, 0.6) is 5.75 Å². The number of anilines is 1. The van der Waals surface area contributed by atoms with E-state index in [1.807, 2.05) is 32.9 Å². The van der Waals surface area contributed by atoms with Gasteiger partial charge in [0.2, 0.25) is 21.8 Å². The highest BCUT2D eigenvalue weighted by Gasteiger charge is 2.29. The lowest BCUT2D eigenvalue weighted by Crippen LogP contribution is -2.49. The normalized spacial score (nSPS) is 12.2.